The van der Waals surface area contributed by atoms with Gasteiger partial charge in [-0.1, -0.05) is 19.8 Å². The van der Waals surface area contributed by atoms with Gasteiger partial charge in [0, 0.05) is 12.6 Å². The van der Waals surface area contributed by atoms with Crippen LogP contribution in [-0.4, -0.2) is 31.7 Å². The fourth-order valence-electron chi connectivity index (χ4n) is 2.20. The van der Waals surface area contributed by atoms with Gasteiger partial charge in [-0.15, -0.1) is 0 Å². The molecule has 0 aliphatic heterocycles. The van der Waals surface area contributed by atoms with Gasteiger partial charge >= 0.3 is 0 Å². The van der Waals surface area contributed by atoms with Crippen molar-refractivity contribution in [3.63, 3.8) is 0 Å². The Morgan fingerprint density at radius 1 is 1.38 bits per heavy atom. The van der Waals surface area contributed by atoms with E-state index < -0.39 is 5.91 Å². The maximum Gasteiger partial charge on any atom is 0.243 e. The van der Waals surface area contributed by atoms with Gasteiger partial charge in [-0.2, -0.15) is 0 Å². The van der Waals surface area contributed by atoms with Crippen molar-refractivity contribution in [1.29, 1.82) is 0 Å². The van der Waals surface area contributed by atoms with Crippen molar-refractivity contribution in [2.45, 2.75) is 45.1 Å². The van der Waals surface area contributed by atoms with Crippen molar-refractivity contribution in [3.8, 4) is 0 Å². The van der Waals surface area contributed by atoms with Crippen LogP contribution >= 0.6 is 0 Å². The second-order valence-corrected chi connectivity index (χ2v) is 4.78. The molecule has 0 saturated heterocycles. The zero-order valence-corrected chi connectivity index (χ0v) is 10.2. The van der Waals surface area contributed by atoms with E-state index in [0.717, 1.165) is 12.5 Å². The molecule has 2 unspecified atom stereocenters. The number of hydrogen-bond acceptors (Lipinski definition) is 3. The SMILES string of the molecule is CC1CCCC(NCCOCC(N)=O)CC1. The largest absolute Gasteiger partial charge is 0.370 e. The summed E-state index contributed by atoms with van der Waals surface area (Å²) in [4.78, 5) is 10.4. The third kappa shape index (κ3) is 6.08. The Kier molecular flexibility index (Phi) is 6.42. The lowest BCUT2D eigenvalue weighted by atomic mass is 10.0. The molecule has 2 atom stereocenters. The van der Waals surface area contributed by atoms with E-state index in [1.54, 1.807) is 0 Å². The van der Waals surface area contributed by atoms with E-state index in [2.05, 4.69) is 12.2 Å². The minimum atomic E-state index is -0.400. The van der Waals surface area contributed by atoms with E-state index in [0.29, 0.717) is 12.6 Å². The Hall–Kier alpha value is -0.610. The van der Waals surface area contributed by atoms with Gasteiger partial charge in [0.15, 0.2) is 0 Å². The molecular weight excluding hydrogens is 204 g/mol. The fourth-order valence-corrected chi connectivity index (χ4v) is 2.20. The summed E-state index contributed by atoms with van der Waals surface area (Å²) in [5.41, 5.74) is 4.97. The summed E-state index contributed by atoms with van der Waals surface area (Å²) < 4.78 is 5.10. The molecule has 0 heterocycles. The maximum atomic E-state index is 10.4. The van der Waals surface area contributed by atoms with Crippen LogP contribution in [0.1, 0.15) is 39.0 Å². The van der Waals surface area contributed by atoms with Crippen molar-refractivity contribution in [2.75, 3.05) is 19.8 Å². The van der Waals surface area contributed by atoms with Gasteiger partial charge in [-0.05, 0) is 25.2 Å². The molecule has 1 saturated carbocycles. The first-order valence-corrected chi connectivity index (χ1v) is 6.28. The van der Waals surface area contributed by atoms with Gasteiger partial charge in [-0.3, -0.25) is 4.79 Å². The Morgan fingerprint density at radius 3 is 2.94 bits per heavy atom. The average molecular weight is 228 g/mol. The Balaban J connectivity index is 2.01. The molecule has 1 rings (SSSR count). The van der Waals surface area contributed by atoms with E-state index >= 15 is 0 Å². The van der Waals surface area contributed by atoms with E-state index in [1.165, 1.54) is 32.1 Å². The van der Waals surface area contributed by atoms with Gasteiger partial charge in [0.2, 0.25) is 5.91 Å². The number of amides is 1. The number of carbonyl (C=O) groups excluding carboxylic acids is 1. The highest BCUT2D eigenvalue weighted by Crippen LogP contribution is 2.22. The van der Waals surface area contributed by atoms with Crippen molar-refractivity contribution in [3.05, 3.63) is 0 Å². The predicted octanol–water partition coefficient (Wildman–Crippen LogP) is 1.05. The highest BCUT2D eigenvalue weighted by atomic mass is 16.5. The standard InChI is InChI=1S/C12H24N2O2/c1-10-3-2-4-11(6-5-10)14-7-8-16-9-12(13)15/h10-11,14H,2-9H2,1H3,(H2,13,15). The first-order valence-electron chi connectivity index (χ1n) is 6.28. The molecule has 0 bridgehead atoms. The summed E-state index contributed by atoms with van der Waals surface area (Å²) in [5, 5.41) is 3.48. The van der Waals surface area contributed by atoms with Gasteiger partial charge in [0.05, 0.1) is 6.61 Å². The summed E-state index contributed by atoms with van der Waals surface area (Å²) in [6.07, 6.45) is 6.52. The minimum absolute atomic E-state index is 0.0311. The van der Waals surface area contributed by atoms with Crippen LogP contribution in [-0.2, 0) is 9.53 Å². The number of ether oxygens (including phenoxy) is 1. The molecule has 4 nitrogen and oxygen atoms in total. The van der Waals surface area contributed by atoms with E-state index in [4.69, 9.17) is 10.5 Å². The van der Waals surface area contributed by atoms with Crippen molar-refractivity contribution in [1.82, 2.24) is 5.32 Å². The van der Waals surface area contributed by atoms with Crippen LogP contribution in [0.4, 0.5) is 0 Å². The van der Waals surface area contributed by atoms with Gasteiger partial charge < -0.3 is 15.8 Å². The smallest absolute Gasteiger partial charge is 0.243 e. The lowest BCUT2D eigenvalue weighted by molar-refractivity contribution is -0.122. The van der Waals surface area contributed by atoms with Crippen molar-refractivity contribution >= 4 is 5.91 Å². The van der Waals surface area contributed by atoms with Crippen LogP contribution in [0.5, 0.6) is 0 Å². The third-order valence-corrected chi connectivity index (χ3v) is 3.18. The highest BCUT2D eigenvalue weighted by Gasteiger charge is 2.15. The normalized spacial score (nSPS) is 26.3. The van der Waals surface area contributed by atoms with Crippen molar-refractivity contribution in [2.24, 2.45) is 11.7 Å². The van der Waals surface area contributed by atoms with Crippen LogP contribution in [0.2, 0.25) is 0 Å². The number of hydrogen-bond donors (Lipinski definition) is 2. The van der Waals surface area contributed by atoms with Crippen LogP contribution < -0.4 is 11.1 Å². The van der Waals surface area contributed by atoms with Crippen LogP contribution in [0.25, 0.3) is 0 Å². The van der Waals surface area contributed by atoms with Crippen molar-refractivity contribution < 1.29 is 9.53 Å². The number of nitrogens with two attached hydrogens (primary N) is 1. The van der Waals surface area contributed by atoms with Crippen LogP contribution in [0.3, 0.4) is 0 Å². The lowest BCUT2D eigenvalue weighted by Gasteiger charge is -2.16. The number of carbonyl (C=O) groups is 1. The molecule has 0 aromatic carbocycles. The van der Waals surface area contributed by atoms with E-state index in [9.17, 15) is 4.79 Å². The summed E-state index contributed by atoms with van der Waals surface area (Å²) in [7, 11) is 0. The quantitative estimate of drug-likeness (QED) is 0.527. The second kappa shape index (κ2) is 7.63. The molecule has 94 valence electrons. The molecule has 4 heteroatoms. The molecule has 16 heavy (non-hydrogen) atoms. The molecule has 1 aliphatic carbocycles. The second-order valence-electron chi connectivity index (χ2n) is 4.78. The molecule has 1 fully saturated rings. The molecule has 1 amide bonds. The monoisotopic (exact) mass is 228 g/mol. The fraction of sp³-hybridized carbons (Fsp3) is 0.917. The molecule has 1 aliphatic rings. The number of primary amides is 1. The molecule has 3 N–H and O–H groups in total. The average Bonchev–Trinajstić information content (AvgIpc) is 2.43. The summed E-state index contributed by atoms with van der Waals surface area (Å²) in [5.74, 6) is 0.473. The molecule has 0 aromatic heterocycles. The molecule has 0 aromatic rings. The predicted molar refractivity (Wildman–Crippen MR) is 64.1 cm³/mol. The third-order valence-electron chi connectivity index (χ3n) is 3.18. The van der Waals surface area contributed by atoms with Gasteiger partial charge in [0.25, 0.3) is 0 Å². The zero-order chi connectivity index (χ0) is 11.8. The minimum Gasteiger partial charge on any atom is -0.370 e. The van der Waals surface area contributed by atoms with Crippen LogP contribution in [0.15, 0.2) is 0 Å². The molecule has 0 spiro atoms. The van der Waals surface area contributed by atoms with E-state index in [-0.39, 0.29) is 6.61 Å². The zero-order valence-electron chi connectivity index (χ0n) is 10.2. The summed E-state index contributed by atoms with van der Waals surface area (Å²) in [6.45, 7) is 3.74. The molecule has 0 radical (unpaired) electrons. The summed E-state index contributed by atoms with van der Waals surface area (Å²) in [6, 6.07) is 0.627. The number of nitrogens with one attached hydrogen (secondary N) is 1. The number of rotatable bonds is 6. The highest BCUT2D eigenvalue weighted by molar-refractivity contribution is 5.74. The van der Waals surface area contributed by atoms with Gasteiger partial charge in [0.1, 0.15) is 6.61 Å². The Bertz CT molecular complexity index is 209. The maximum absolute atomic E-state index is 10.4. The first-order chi connectivity index (χ1) is 7.68. The van der Waals surface area contributed by atoms with Gasteiger partial charge in [-0.25, -0.2) is 0 Å². The molecular formula is C12H24N2O2. The van der Waals surface area contributed by atoms with E-state index in [1.807, 2.05) is 0 Å². The first kappa shape index (κ1) is 13.5. The Labute approximate surface area is 97.9 Å². The summed E-state index contributed by atoms with van der Waals surface area (Å²) >= 11 is 0. The topological polar surface area (TPSA) is 64.3 Å². The lowest BCUT2D eigenvalue weighted by Crippen LogP contribution is -2.32. The van der Waals surface area contributed by atoms with Crippen LogP contribution in [0, 0.1) is 5.92 Å². The Morgan fingerprint density at radius 2 is 2.19 bits per heavy atom.